The molecule has 2 rings (SSSR count). The van der Waals surface area contributed by atoms with Crippen LogP contribution in [0.1, 0.15) is 43.9 Å². The lowest BCUT2D eigenvalue weighted by atomic mass is 10.1. The summed E-state index contributed by atoms with van der Waals surface area (Å²) in [7, 11) is 0. The minimum Gasteiger partial charge on any atom is -0.484 e. The Hall–Kier alpha value is -2.53. The van der Waals surface area contributed by atoms with E-state index in [-0.39, 0.29) is 31.0 Å². The Kier molecular flexibility index (Phi) is 8.72. The van der Waals surface area contributed by atoms with Crippen LogP contribution in [0, 0.1) is 13.8 Å². The van der Waals surface area contributed by atoms with Gasteiger partial charge in [-0.25, -0.2) is 0 Å². The summed E-state index contributed by atoms with van der Waals surface area (Å²) in [6, 6.07) is 12.5. The Labute approximate surface area is 184 Å². The lowest BCUT2D eigenvalue weighted by Gasteiger charge is -2.31. The molecule has 2 aromatic carbocycles. The van der Waals surface area contributed by atoms with Crippen LogP contribution >= 0.6 is 11.6 Å². The Morgan fingerprint density at radius 1 is 1.10 bits per heavy atom. The van der Waals surface area contributed by atoms with Crippen molar-refractivity contribution in [3.8, 4) is 5.75 Å². The molecule has 2 amide bonds. The number of nitrogens with one attached hydrogen (secondary N) is 1. The van der Waals surface area contributed by atoms with Crippen LogP contribution in [0.15, 0.2) is 42.5 Å². The number of aryl methyl sites for hydroxylation is 2. The molecule has 2 aromatic rings. The SMILES string of the molecule is CC[C@H](C(=O)NC(C)C)N(Cc1ccccc1Cl)C(=O)COc1cc(C)cc(C)c1. The van der Waals surface area contributed by atoms with Crippen LogP contribution < -0.4 is 10.1 Å². The molecule has 6 heteroatoms. The van der Waals surface area contributed by atoms with Gasteiger partial charge in [-0.3, -0.25) is 9.59 Å². The highest BCUT2D eigenvalue weighted by Crippen LogP contribution is 2.21. The van der Waals surface area contributed by atoms with Crippen LogP contribution in [-0.2, 0) is 16.1 Å². The normalized spacial score (nSPS) is 11.8. The van der Waals surface area contributed by atoms with E-state index in [9.17, 15) is 9.59 Å². The van der Waals surface area contributed by atoms with Crippen LogP contribution in [0.3, 0.4) is 0 Å². The first kappa shape index (κ1) is 23.7. The van der Waals surface area contributed by atoms with Crippen molar-refractivity contribution in [3.63, 3.8) is 0 Å². The predicted molar refractivity (Wildman–Crippen MR) is 121 cm³/mol. The second-order valence-corrected chi connectivity index (χ2v) is 8.22. The number of benzene rings is 2. The van der Waals surface area contributed by atoms with Crippen LogP contribution in [0.25, 0.3) is 0 Å². The first-order valence-electron chi connectivity index (χ1n) is 10.3. The summed E-state index contributed by atoms with van der Waals surface area (Å²) < 4.78 is 5.78. The molecule has 0 spiro atoms. The maximum atomic E-state index is 13.2. The van der Waals surface area contributed by atoms with Crippen molar-refractivity contribution in [3.05, 3.63) is 64.2 Å². The third kappa shape index (κ3) is 6.77. The van der Waals surface area contributed by atoms with Crippen LogP contribution in [0.2, 0.25) is 5.02 Å². The van der Waals surface area contributed by atoms with Crippen LogP contribution in [0.4, 0.5) is 0 Å². The molecule has 0 saturated carbocycles. The van der Waals surface area contributed by atoms with Crippen molar-refractivity contribution in [2.45, 2.75) is 59.7 Å². The smallest absolute Gasteiger partial charge is 0.261 e. The molecule has 0 aliphatic carbocycles. The van der Waals surface area contributed by atoms with Gasteiger partial charge in [-0.05, 0) is 69.0 Å². The van der Waals surface area contributed by atoms with Gasteiger partial charge in [-0.1, -0.05) is 42.8 Å². The maximum Gasteiger partial charge on any atom is 0.261 e. The molecular weight excluding hydrogens is 400 g/mol. The molecule has 1 atom stereocenters. The van der Waals surface area contributed by atoms with E-state index in [0.29, 0.717) is 17.2 Å². The minimum absolute atomic E-state index is 0.0182. The zero-order valence-electron chi connectivity index (χ0n) is 18.4. The lowest BCUT2D eigenvalue weighted by Crippen LogP contribution is -2.51. The second kappa shape index (κ2) is 11.0. The van der Waals surface area contributed by atoms with Gasteiger partial charge in [0.05, 0.1) is 0 Å². The number of nitrogens with zero attached hydrogens (tertiary/aromatic N) is 1. The summed E-state index contributed by atoms with van der Waals surface area (Å²) in [5.41, 5.74) is 2.91. The van der Waals surface area contributed by atoms with E-state index in [0.717, 1.165) is 16.7 Å². The van der Waals surface area contributed by atoms with Gasteiger partial charge in [-0.15, -0.1) is 0 Å². The number of carbonyl (C=O) groups excluding carboxylic acids is 2. The van der Waals surface area contributed by atoms with Gasteiger partial charge in [-0.2, -0.15) is 0 Å². The van der Waals surface area contributed by atoms with E-state index in [2.05, 4.69) is 5.32 Å². The number of halogens is 1. The van der Waals surface area contributed by atoms with E-state index in [1.807, 2.05) is 71.0 Å². The first-order valence-corrected chi connectivity index (χ1v) is 10.6. The third-order valence-corrected chi connectivity index (χ3v) is 5.04. The Morgan fingerprint density at radius 2 is 1.73 bits per heavy atom. The highest BCUT2D eigenvalue weighted by Gasteiger charge is 2.29. The molecule has 0 fully saturated rings. The Balaban J connectivity index is 2.25. The fourth-order valence-corrected chi connectivity index (χ4v) is 3.55. The average Bonchev–Trinajstić information content (AvgIpc) is 2.66. The van der Waals surface area contributed by atoms with Gasteiger partial charge in [0.15, 0.2) is 6.61 Å². The quantitative estimate of drug-likeness (QED) is 0.629. The number of rotatable bonds is 9. The number of ether oxygens (including phenoxy) is 1. The summed E-state index contributed by atoms with van der Waals surface area (Å²) in [6.45, 7) is 9.73. The van der Waals surface area contributed by atoms with Gasteiger partial charge in [0.2, 0.25) is 5.91 Å². The van der Waals surface area contributed by atoms with Gasteiger partial charge < -0.3 is 15.0 Å². The molecule has 0 heterocycles. The van der Waals surface area contributed by atoms with Crippen molar-refractivity contribution in [2.24, 2.45) is 0 Å². The molecule has 0 saturated heterocycles. The monoisotopic (exact) mass is 430 g/mol. The zero-order chi connectivity index (χ0) is 22.3. The number of amides is 2. The molecule has 0 aliphatic heterocycles. The van der Waals surface area contributed by atoms with Crippen molar-refractivity contribution >= 4 is 23.4 Å². The van der Waals surface area contributed by atoms with Crippen molar-refractivity contribution in [2.75, 3.05) is 6.61 Å². The lowest BCUT2D eigenvalue weighted by molar-refractivity contribution is -0.143. The Morgan fingerprint density at radius 3 is 2.30 bits per heavy atom. The largest absolute Gasteiger partial charge is 0.484 e. The molecule has 5 nitrogen and oxygen atoms in total. The number of hydrogen-bond donors (Lipinski definition) is 1. The maximum absolute atomic E-state index is 13.2. The van der Waals surface area contributed by atoms with E-state index in [1.54, 1.807) is 11.0 Å². The van der Waals surface area contributed by atoms with E-state index < -0.39 is 6.04 Å². The van der Waals surface area contributed by atoms with E-state index in [4.69, 9.17) is 16.3 Å². The highest BCUT2D eigenvalue weighted by atomic mass is 35.5. The molecule has 0 radical (unpaired) electrons. The van der Waals surface area contributed by atoms with Crippen molar-refractivity contribution in [1.29, 1.82) is 0 Å². The molecule has 0 aromatic heterocycles. The summed E-state index contributed by atoms with van der Waals surface area (Å²) in [5.74, 6) is 0.192. The highest BCUT2D eigenvalue weighted by molar-refractivity contribution is 6.31. The van der Waals surface area contributed by atoms with Gasteiger partial charge in [0.25, 0.3) is 5.91 Å². The molecule has 1 N–H and O–H groups in total. The van der Waals surface area contributed by atoms with Crippen molar-refractivity contribution < 1.29 is 14.3 Å². The summed E-state index contributed by atoms with van der Waals surface area (Å²) in [4.78, 5) is 27.5. The van der Waals surface area contributed by atoms with Gasteiger partial charge >= 0.3 is 0 Å². The molecule has 0 aliphatic rings. The topological polar surface area (TPSA) is 58.6 Å². The predicted octanol–water partition coefficient (Wildman–Crippen LogP) is 4.67. The number of hydrogen-bond acceptors (Lipinski definition) is 3. The standard InChI is InChI=1S/C24H31ClN2O3/c1-6-22(24(29)26-16(2)3)27(14-19-9-7-8-10-21(19)25)23(28)15-30-20-12-17(4)11-18(5)13-20/h7-13,16,22H,6,14-15H2,1-5H3,(H,26,29)/t22-/m1/s1. The number of carbonyl (C=O) groups is 2. The molecule has 0 bridgehead atoms. The van der Waals surface area contributed by atoms with Crippen molar-refractivity contribution in [1.82, 2.24) is 10.2 Å². The van der Waals surface area contributed by atoms with Gasteiger partial charge in [0, 0.05) is 17.6 Å². The summed E-state index contributed by atoms with van der Waals surface area (Å²) in [6.07, 6.45) is 0.484. The first-order chi connectivity index (χ1) is 14.2. The van der Waals surface area contributed by atoms with Gasteiger partial charge in [0.1, 0.15) is 11.8 Å². The fourth-order valence-electron chi connectivity index (χ4n) is 3.35. The van der Waals surface area contributed by atoms with Crippen LogP contribution in [-0.4, -0.2) is 35.4 Å². The molecule has 30 heavy (non-hydrogen) atoms. The van der Waals surface area contributed by atoms with Crippen LogP contribution in [0.5, 0.6) is 5.75 Å². The third-order valence-electron chi connectivity index (χ3n) is 4.67. The summed E-state index contributed by atoms with van der Waals surface area (Å²) >= 11 is 6.32. The minimum atomic E-state index is -0.612. The molecular formula is C24H31ClN2O3. The average molecular weight is 431 g/mol. The zero-order valence-corrected chi connectivity index (χ0v) is 19.1. The molecule has 0 unspecified atom stereocenters. The van der Waals surface area contributed by atoms with E-state index >= 15 is 0 Å². The summed E-state index contributed by atoms with van der Waals surface area (Å²) in [5, 5.41) is 3.47. The molecule has 162 valence electrons. The van der Waals surface area contributed by atoms with E-state index in [1.165, 1.54) is 0 Å². The Bertz CT molecular complexity index is 862. The second-order valence-electron chi connectivity index (χ2n) is 7.81. The fraction of sp³-hybridized carbons (Fsp3) is 0.417.